The van der Waals surface area contributed by atoms with Crippen molar-refractivity contribution in [2.75, 3.05) is 7.05 Å². The van der Waals surface area contributed by atoms with Gasteiger partial charge in [-0.05, 0) is 36.4 Å². The number of nitrogens with zero attached hydrogens (tertiary/aromatic N) is 1. The van der Waals surface area contributed by atoms with Crippen molar-refractivity contribution in [3.63, 3.8) is 0 Å². The molecule has 7 nitrogen and oxygen atoms in total. The van der Waals surface area contributed by atoms with Crippen LogP contribution in [0.3, 0.4) is 0 Å². The number of benzene rings is 2. The summed E-state index contributed by atoms with van der Waals surface area (Å²) < 4.78 is 5.66. The van der Waals surface area contributed by atoms with Gasteiger partial charge in [-0.25, -0.2) is 0 Å². The smallest absolute Gasteiger partial charge is 0.261 e. The summed E-state index contributed by atoms with van der Waals surface area (Å²) >= 11 is 0. The second-order valence-corrected chi connectivity index (χ2v) is 6.47. The first-order chi connectivity index (χ1) is 14.4. The highest BCUT2D eigenvalue weighted by atomic mass is 16.5. The van der Waals surface area contributed by atoms with Gasteiger partial charge in [-0.1, -0.05) is 40.5 Å². The third-order valence-corrected chi connectivity index (χ3v) is 4.50. The van der Waals surface area contributed by atoms with Crippen molar-refractivity contribution in [2.45, 2.75) is 40.5 Å². The van der Waals surface area contributed by atoms with E-state index >= 15 is 0 Å². The molecule has 158 valence electrons. The van der Waals surface area contributed by atoms with Crippen LogP contribution < -0.4 is 10.1 Å². The average Bonchev–Trinajstić information content (AvgIpc) is 3.17. The molecule has 0 atom stereocenters. The highest BCUT2D eigenvalue weighted by molar-refractivity contribution is 6.22. The molecule has 30 heavy (non-hydrogen) atoms. The Balaban J connectivity index is 0.000000481. The lowest BCUT2D eigenvalue weighted by Gasteiger charge is -2.07. The zero-order valence-corrected chi connectivity index (χ0v) is 17.9. The summed E-state index contributed by atoms with van der Waals surface area (Å²) in [6.07, 6.45) is 2.64. The zero-order chi connectivity index (χ0) is 22.4. The molecule has 2 aliphatic heterocycles. The van der Waals surface area contributed by atoms with Crippen LogP contribution in [0.25, 0.3) is 0 Å². The fraction of sp³-hybridized carbons (Fsp3) is 0.304. The van der Waals surface area contributed by atoms with E-state index in [1.807, 2.05) is 13.8 Å². The molecule has 1 N–H and O–H groups in total. The molecule has 4 rings (SSSR count). The number of nitrogens with one attached hydrogen (secondary N) is 1. The minimum Gasteiger partial charge on any atom is -0.457 e. The summed E-state index contributed by atoms with van der Waals surface area (Å²) in [5.74, 6) is -0.949. The molecule has 0 unspecified atom stereocenters. The topological polar surface area (TPSA) is 92.8 Å². The van der Waals surface area contributed by atoms with E-state index in [-0.39, 0.29) is 22.9 Å². The summed E-state index contributed by atoms with van der Waals surface area (Å²) in [5, 5.41) is 2.20. The molecule has 2 aromatic carbocycles. The molecule has 2 aliphatic rings. The SMILES string of the molecule is CC.CCCC.CN1C(=O)c2ccc(Oc3ccc4c(c3)C(=O)NC4=O)cc2C1=O. The standard InChI is InChI=1S/C17H10N2O5.C4H10.C2H6/c1-19-16(22)11-5-3-9(7-13(11)17(19)23)24-8-2-4-10-12(6-8)15(21)18-14(10)20;1-3-4-2;1-2/h2-7H,1H3,(H,18,20,21);3-4H2,1-2H3;1-2H3. The van der Waals surface area contributed by atoms with Gasteiger partial charge in [-0.15, -0.1) is 0 Å². The van der Waals surface area contributed by atoms with Crippen molar-refractivity contribution >= 4 is 23.6 Å². The molecular weight excluding hydrogens is 384 g/mol. The Morgan fingerprint density at radius 3 is 1.77 bits per heavy atom. The van der Waals surface area contributed by atoms with Crippen molar-refractivity contribution < 1.29 is 23.9 Å². The van der Waals surface area contributed by atoms with Gasteiger partial charge in [0, 0.05) is 7.05 Å². The molecule has 0 saturated heterocycles. The third-order valence-electron chi connectivity index (χ3n) is 4.50. The molecule has 0 saturated carbocycles. The van der Waals surface area contributed by atoms with Gasteiger partial charge in [0.05, 0.1) is 22.3 Å². The Kier molecular flexibility index (Phi) is 7.47. The molecule has 0 fully saturated rings. The van der Waals surface area contributed by atoms with Gasteiger partial charge in [-0.2, -0.15) is 0 Å². The van der Waals surface area contributed by atoms with Crippen LogP contribution in [0.1, 0.15) is 82.0 Å². The van der Waals surface area contributed by atoms with E-state index < -0.39 is 11.8 Å². The van der Waals surface area contributed by atoms with Gasteiger partial charge in [0.2, 0.25) is 0 Å². The van der Waals surface area contributed by atoms with E-state index in [0.29, 0.717) is 22.6 Å². The van der Waals surface area contributed by atoms with Gasteiger partial charge in [0.15, 0.2) is 0 Å². The van der Waals surface area contributed by atoms with Crippen LogP contribution in [0, 0.1) is 0 Å². The molecule has 2 aromatic rings. The first-order valence-electron chi connectivity index (χ1n) is 10.0. The maximum Gasteiger partial charge on any atom is 0.261 e. The number of unbranched alkanes of at least 4 members (excludes halogenated alkanes) is 1. The summed E-state index contributed by atoms with van der Waals surface area (Å²) in [6, 6.07) is 9.10. The molecule has 0 aromatic heterocycles. The number of fused-ring (bicyclic) bond motifs is 2. The maximum absolute atomic E-state index is 12.0. The van der Waals surface area contributed by atoms with Crippen molar-refractivity contribution in [1.82, 2.24) is 10.2 Å². The normalized spacial score (nSPS) is 13.6. The number of hydrogen-bond donors (Lipinski definition) is 1. The Labute approximate surface area is 176 Å². The van der Waals surface area contributed by atoms with Crippen molar-refractivity contribution in [3.05, 3.63) is 58.7 Å². The summed E-state index contributed by atoms with van der Waals surface area (Å²) in [7, 11) is 1.42. The predicted molar refractivity (Wildman–Crippen MR) is 113 cm³/mol. The van der Waals surface area contributed by atoms with Crippen LogP contribution in [-0.2, 0) is 0 Å². The number of carbonyl (C=O) groups is 4. The van der Waals surface area contributed by atoms with E-state index in [2.05, 4.69) is 19.2 Å². The van der Waals surface area contributed by atoms with Gasteiger partial charge in [-0.3, -0.25) is 29.4 Å². The minimum absolute atomic E-state index is 0.240. The highest BCUT2D eigenvalue weighted by Gasteiger charge is 2.33. The van der Waals surface area contributed by atoms with Crippen LogP contribution in [0.5, 0.6) is 11.5 Å². The van der Waals surface area contributed by atoms with E-state index in [1.54, 1.807) is 12.1 Å². The lowest BCUT2D eigenvalue weighted by atomic mass is 10.1. The van der Waals surface area contributed by atoms with Gasteiger partial charge >= 0.3 is 0 Å². The molecule has 2 heterocycles. The number of amides is 4. The van der Waals surface area contributed by atoms with Gasteiger partial charge < -0.3 is 4.74 Å². The van der Waals surface area contributed by atoms with E-state index in [0.717, 1.165) is 4.90 Å². The Morgan fingerprint density at radius 1 is 0.733 bits per heavy atom. The summed E-state index contributed by atoms with van der Waals surface area (Å²) in [4.78, 5) is 48.1. The molecule has 0 bridgehead atoms. The van der Waals surface area contributed by atoms with Gasteiger partial charge in [0.25, 0.3) is 23.6 Å². The summed E-state index contributed by atoms with van der Waals surface area (Å²) in [6.45, 7) is 8.36. The van der Waals surface area contributed by atoms with Crippen molar-refractivity contribution in [3.8, 4) is 11.5 Å². The van der Waals surface area contributed by atoms with Crippen molar-refractivity contribution in [2.24, 2.45) is 0 Å². The molecule has 0 spiro atoms. The van der Waals surface area contributed by atoms with E-state index in [9.17, 15) is 19.2 Å². The fourth-order valence-electron chi connectivity index (χ4n) is 2.75. The number of hydrogen-bond acceptors (Lipinski definition) is 5. The second-order valence-electron chi connectivity index (χ2n) is 6.47. The Hall–Kier alpha value is -3.48. The van der Waals surface area contributed by atoms with Crippen LogP contribution in [0.15, 0.2) is 36.4 Å². The molecular formula is C23H26N2O5. The van der Waals surface area contributed by atoms with Crippen LogP contribution in [0.4, 0.5) is 0 Å². The number of imide groups is 2. The van der Waals surface area contributed by atoms with E-state index in [1.165, 1.54) is 44.2 Å². The van der Waals surface area contributed by atoms with Crippen LogP contribution >= 0.6 is 0 Å². The van der Waals surface area contributed by atoms with E-state index in [4.69, 9.17) is 4.74 Å². The highest BCUT2D eigenvalue weighted by Crippen LogP contribution is 2.30. The lowest BCUT2D eigenvalue weighted by Crippen LogP contribution is -2.24. The molecule has 0 aliphatic carbocycles. The Bertz CT molecular complexity index is 995. The lowest BCUT2D eigenvalue weighted by molar-refractivity contribution is 0.0691. The monoisotopic (exact) mass is 410 g/mol. The fourth-order valence-corrected chi connectivity index (χ4v) is 2.75. The first-order valence-corrected chi connectivity index (χ1v) is 10.0. The van der Waals surface area contributed by atoms with Crippen LogP contribution in [0.2, 0.25) is 0 Å². The Morgan fingerprint density at radius 2 is 1.20 bits per heavy atom. The average molecular weight is 410 g/mol. The number of ether oxygens (including phenoxy) is 1. The summed E-state index contributed by atoms with van der Waals surface area (Å²) in [5.41, 5.74) is 1.14. The zero-order valence-electron chi connectivity index (χ0n) is 17.9. The molecule has 7 heteroatoms. The number of carbonyl (C=O) groups excluding carboxylic acids is 4. The minimum atomic E-state index is -0.475. The number of rotatable bonds is 3. The quantitative estimate of drug-likeness (QED) is 0.756. The predicted octanol–water partition coefficient (Wildman–Crippen LogP) is 4.42. The van der Waals surface area contributed by atoms with Crippen molar-refractivity contribution in [1.29, 1.82) is 0 Å². The largest absolute Gasteiger partial charge is 0.457 e. The van der Waals surface area contributed by atoms with Crippen LogP contribution in [-0.4, -0.2) is 35.6 Å². The molecule has 4 amide bonds. The van der Waals surface area contributed by atoms with Gasteiger partial charge in [0.1, 0.15) is 11.5 Å². The maximum atomic E-state index is 12.0. The first kappa shape index (κ1) is 22.8. The molecule has 0 radical (unpaired) electrons. The third kappa shape index (κ3) is 4.40. The second kappa shape index (κ2) is 9.82.